The maximum absolute atomic E-state index is 10.2. The van der Waals surface area contributed by atoms with Gasteiger partial charge in [0.25, 0.3) is 0 Å². The van der Waals surface area contributed by atoms with Crippen LogP contribution in [0.4, 0.5) is 0 Å². The number of fused-ring (bicyclic) bond motifs is 2. The molecule has 4 rings (SSSR count). The average molecular weight is 343 g/mol. The van der Waals surface area contributed by atoms with Crippen molar-refractivity contribution in [2.45, 2.75) is 25.8 Å². The third-order valence-corrected chi connectivity index (χ3v) is 4.62. The number of benzene rings is 3. The summed E-state index contributed by atoms with van der Waals surface area (Å²) >= 11 is 0. The Balaban J connectivity index is 1.67. The van der Waals surface area contributed by atoms with Crippen molar-refractivity contribution in [2.24, 2.45) is 10.1 Å². The van der Waals surface area contributed by atoms with Gasteiger partial charge in [-0.3, -0.25) is 10.4 Å². The van der Waals surface area contributed by atoms with Crippen LogP contribution in [0.2, 0.25) is 0 Å². The number of rotatable bonds is 2. The minimum atomic E-state index is -0.173. The molecule has 0 aliphatic carbocycles. The highest BCUT2D eigenvalue weighted by Crippen LogP contribution is 2.27. The molecular weight excluding hydrogens is 322 g/mol. The summed E-state index contributed by atoms with van der Waals surface area (Å²) in [5, 5.41) is 16.6. The normalized spacial score (nSPS) is 15.7. The molecule has 4 heteroatoms. The lowest BCUT2D eigenvalue weighted by Gasteiger charge is -2.28. The van der Waals surface area contributed by atoms with Crippen LogP contribution in [-0.4, -0.2) is 22.7 Å². The fraction of sp³-hybridized carbons (Fsp3) is 0.182. The van der Waals surface area contributed by atoms with E-state index in [0.29, 0.717) is 5.56 Å². The fourth-order valence-electron chi connectivity index (χ4n) is 3.44. The maximum Gasteiger partial charge on any atom is 0.149 e. The Morgan fingerprint density at radius 2 is 1.81 bits per heavy atom. The standard InChI is InChI=1S/C22H21N3O/c1-22(2)13-16-8-4-6-10-18(16)21(24-22)25-23-14-19-17-9-5-3-7-15(17)11-12-20(19)26/h3-12,14,26H,13H2,1-2H3,(H,24,25)/b23-14+. The molecule has 0 amide bonds. The van der Waals surface area contributed by atoms with Crippen LogP contribution < -0.4 is 5.43 Å². The van der Waals surface area contributed by atoms with Crippen molar-refractivity contribution >= 4 is 22.8 Å². The Morgan fingerprint density at radius 3 is 2.69 bits per heavy atom. The van der Waals surface area contributed by atoms with Gasteiger partial charge < -0.3 is 5.11 Å². The van der Waals surface area contributed by atoms with Crippen LogP contribution in [0.25, 0.3) is 10.8 Å². The van der Waals surface area contributed by atoms with E-state index in [1.165, 1.54) is 5.56 Å². The zero-order chi connectivity index (χ0) is 18.1. The van der Waals surface area contributed by atoms with E-state index in [9.17, 15) is 5.11 Å². The highest BCUT2D eigenvalue weighted by Gasteiger charge is 2.26. The molecule has 1 aliphatic heterocycles. The summed E-state index contributed by atoms with van der Waals surface area (Å²) in [5.74, 6) is 0.966. The number of hydrazone groups is 1. The molecule has 0 fully saturated rings. The molecule has 3 aromatic rings. The lowest BCUT2D eigenvalue weighted by atomic mass is 9.89. The SMILES string of the molecule is CC1(C)Cc2ccccc2C(N/N=C/c2c(O)ccc3ccccc23)=N1. The molecule has 1 heterocycles. The van der Waals surface area contributed by atoms with E-state index in [4.69, 9.17) is 4.99 Å². The number of phenolic OH excluding ortho intramolecular Hbond substituents is 1. The highest BCUT2D eigenvalue weighted by atomic mass is 16.3. The van der Waals surface area contributed by atoms with Gasteiger partial charge in [-0.15, -0.1) is 0 Å². The van der Waals surface area contributed by atoms with Crippen molar-refractivity contribution in [1.82, 2.24) is 5.43 Å². The second-order valence-electron chi connectivity index (χ2n) is 7.20. The first-order valence-corrected chi connectivity index (χ1v) is 8.71. The molecule has 2 N–H and O–H groups in total. The Kier molecular flexibility index (Phi) is 3.96. The van der Waals surface area contributed by atoms with Crippen LogP contribution in [0.15, 0.2) is 70.8 Å². The summed E-state index contributed by atoms with van der Waals surface area (Å²) < 4.78 is 0. The van der Waals surface area contributed by atoms with Crippen LogP contribution in [0.3, 0.4) is 0 Å². The van der Waals surface area contributed by atoms with Gasteiger partial charge in [0.2, 0.25) is 0 Å². The molecule has 0 saturated heterocycles. The summed E-state index contributed by atoms with van der Waals surface area (Å²) in [6, 6.07) is 19.8. The number of aliphatic imine (C=N–C) groups is 1. The maximum atomic E-state index is 10.2. The van der Waals surface area contributed by atoms with Crippen molar-refractivity contribution in [1.29, 1.82) is 0 Å². The number of amidine groups is 1. The van der Waals surface area contributed by atoms with Gasteiger partial charge in [-0.2, -0.15) is 5.10 Å². The number of hydrogen-bond acceptors (Lipinski definition) is 4. The number of nitrogens with one attached hydrogen (secondary N) is 1. The van der Waals surface area contributed by atoms with E-state index in [2.05, 4.69) is 42.6 Å². The van der Waals surface area contributed by atoms with Crippen molar-refractivity contribution in [3.05, 3.63) is 77.4 Å². The molecule has 3 aromatic carbocycles. The van der Waals surface area contributed by atoms with Crippen LogP contribution in [0.5, 0.6) is 5.75 Å². The molecule has 0 unspecified atom stereocenters. The number of nitrogens with zero attached hydrogens (tertiary/aromatic N) is 2. The van der Waals surface area contributed by atoms with Crippen molar-refractivity contribution in [2.75, 3.05) is 0 Å². The smallest absolute Gasteiger partial charge is 0.149 e. The summed E-state index contributed by atoms with van der Waals surface area (Å²) in [5.41, 5.74) is 5.94. The molecule has 0 radical (unpaired) electrons. The van der Waals surface area contributed by atoms with E-state index in [-0.39, 0.29) is 11.3 Å². The molecule has 26 heavy (non-hydrogen) atoms. The van der Waals surface area contributed by atoms with Crippen LogP contribution in [0, 0.1) is 0 Å². The zero-order valence-corrected chi connectivity index (χ0v) is 14.9. The molecule has 0 aromatic heterocycles. The monoisotopic (exact) mass is 343 g/mol. The Labute approximate surface area is 152 Å². The van der Waals surface area contributed by atoms with Gasteiger partial charge in [0.05, 0.1) is 11.8 Å². The van der Waals surface area contributed by atoms with Gasteiger partial charge in [0.15, 0.2) is 0 Å². The van der Waals surface area contributed by atoms with Crippen molar-refractivity contribution in [3.63, 3.8) is 0 Å². The van der Waals surface area contributed by atoms with Gasteiger partial charge in [0.1, 0.15) is 11.6 Å². The number of hydrogen-bond donors (Lipinski definition) is 2. The molecule has 0 spiro atoms. The van der Waals surface area contributed by atoms with Gasteiger partial charge in [-0.05, 0) is 42.7 Å². The van der Waals surface area contributed by atoms with Crippen LogP contribution in [-0.2, 0) is 6.42 Å². The van der Waals surface area contributed by atoms with E-state index in [1.807, 2.05) is 36.4 Å². The molecule has 0 bridgehead atoms. The summed E-state index contributed by atoms with van der Waals surface area (Å²) in [4.78, 5) is 4.80. The Hall–Kier alpha value is -3.14. The van der Waals surface area contributed by atoms with E-state index in [1.54, 1.807) is 12.3 Å². The van der Waals surface area contributed by atoms with Gasteiger partial charge >= 0.3 is 0 Å². The van der Waals surface area contributed by atoms with Crippen LogP contribution in [0.1, 0.15) is 30.5 Å². The first-order chi connectivity index (χ1) is 12.5. The third-order valence-electron chi connectivity index (χ3n) is 4.62. The Bertz CT molecular complexity index is 1030. The van der Waals surface area contributed by atoms with Gasteiger partial charge in [-0.1, -0.05) is 54.6 Å². The first-order valence-electron chi connectivity index (χ1n) is 8.71. The highest BCUT2D eigenvalue weighted by molar-refractivity contribution is 6.04. The van der Waals surface area contributed by atoms with E-state index in [0.717, 1.165) is 28.6 Å². The predicted octanol–water partition coefficient (Wildman–Crippen LogP) is 4.25. The number of phenols is 1. The van der Waals surface area contributed by atoms with Crippen LogP contribution >= 0.6 is 0 Å². The molecule has 4 nitrogen and oxygen atoms in total. The van der Waals surface area contributed by atoms with Gasteiger partial charge in [-0.25, -0.2) is 0 Å². The predicted molar refractivity (Wildman–Crippen MR) is 107 cm³/mol. The summed E-state index contributed by atoms with van der Waals surface area (Å²) in [6.45, 7) is 4.23. The van der Waals surface area contributed by atoms with Crippen molar-refractivity contribution in [3.8, 4) is 5.75 Å². The minimum Gasteiger partial charge on any atom is -0.507 e. The van der Waals surface area contributed by atoms with Gasteiger partial charge in [0, 0.05) is 11.1 Å². The molecule has 0 atom stereocenters. The second-order valence-corrected chi connectivity index (χ2v) is 7.20. The summed E-state index contributed by atoms with van der Waals surface area (Å²) in [6.07, 6.45) is 2.56. The zero-order valence-electron chi connectivity index (χ0n) is 14.9. The van der Waals surface area contributed by atoms with E-state index >= 15 is 0 Å². The molecule has 0 saturated carbocycles. The molecular formula is C22H21N3O. The van der Waals surface area contributed by atoms with Crippen molar-refractivity contribution < 1.29 is 5.11 Å². The topological polar surface area (TPSA) is 57.0 Å². The number of aromatic hydroxyl groups is 1. The first kappa shape index (κ1) is 16.3. The Morgan fingerprint density at radius 1 is 1.04 bits per heavy atom. The minimum absolute atomic E-state index is 0.173. The second kappa shape index (κ2) is 6.30. The third kappa shape index (κ3) is 3.06. The molecule has 130 valence electrons. The average Bonchev–Trinajstić information content (AvgIpc) is 2.62. The fourth-order valence-corrected chi connectivity index (χ4v) is 3.44. The summed E-state index contributed by atoms with van der Waals surface area (Å²) in [7, 11) is 0. The quantitative estimate of drug-likeness (QED) is 0.540. The van der Waals surface area contributed by atoms with E-state index < -0.39 is 0 Å². The lowest BCUT2D eigenvalue weighted by molar-refractivity contribution is 0.475. The molecule has 1 aliphatic rings. The lowest BCUT2D eigenvalue weighted by Crippen LogP contribution is -2.34. The largest absolute Gasteiger partial charge is 0.507 e.